The second-order valence-electron chi connectivity index (χ2n) is 6.12. The van der Waals surface area contributed by atoms with E-state index in [9.17, 15) is 9.59 Å². The number of ether oxygens (including phenoxy) is 1. The molecule has 0 saturated heterocycles. The van der Waals surface area contributed by atoms with E-state index in [2.05, 4.69) is 15.6 Å². The second kappa shape index (κ2) is 8.81. The van der Waals surface area contributed by atoms with E-state index in [1.165, 1.54) is 0 Å². The van der Waals surface area contributed by atoms with Crippen molar-refractivity contribution in [3.8, 4) is 0 Å². The standard InChI is InChI=1S/C22H21N3O3/c1-3-28-22(27)16-8-10-18(11-9-16)24-20-14-17(12-13-23-20)21(26)25-19-7-5-4-6-15(19)2/h4-14H,3H2,1-2H3,(H,23,24)(H,25,26). The number of benzene rings is 2. The highest BCUT2D eigenvalue weighted by Gasteiger charge is 2.10. The summed E-state index contributed by atoms with van der Waals surface area (Å²) in [6.07, 6.45) is 1.57. The fourth-order valence-corrected chi connectivity index (χ4v) is 2.60. The maximum Gasteiger partial charge on any atom is 0.338 e. The van der Waals surface area contributed by atoms with Crippen molar-refractivity contribution in [3.63, 3.8) is 0 Å². The number of carbonyl (C=O) groups is 2. The summed E-state index contributed by atoms with van der Waals surface area (Å²) in [7, 11) is 0. The average Bonchev–Trinajstić information content (AvgIpc) is 2.70. The van der Waals surface area contributed by atoms with Crippen molar-refractivity contribution in [1.82, 2.24) is 4.98 Å². The van der Waals surface area contributed by atoms with Gasteiger partial charge in [-0.05, 0) is 61.9 Å². The fraction of sp³-hybridized carbons (Fsp3) is 0.136. The van der Waals surface area contributed by atoms with Crippen LogP contribution in [0, 0.1) is 6.92 Å². The molecule has 0 fully saturated rings. The molecular formula is C22H21N3O3. The van der Waals surface area contributed by atoms with Gasteiger partial charge in [0.15, 0.2) is 0 Å². The second-order valence-corrected chi connectivity index (χ2v) is 6.12. The van der Waals surface area contributed by atoms with Gasteiger partial charge in [0.2, 0.25) is 0 Å². The number of nitrogens with zero attached hydrogens (tertiary/aromatic N) is 1. The number of aryl methyl sites for hydroxylation is 1. The van der Waals surface area contributed by atoms with Crippen LogP contribution in [0.5, 0.6) is 0 Å². The lowest BCUT2D eigenvalue weighted by Crippen LogP contribution is -2.13. The quantitative estimate of drug-likeness (QED) is 0.617. The Balaban J connectivity index is 1.70. The summed E-state index contributed by atoms with van der Waals surface area (Å²) in [4.78, 5) is 28.5. The zero-order valence-electron chi connectivity index (χ0n) is 15.7. The topological polar surface area (TPSA) is 80.3 Å². The van der Waals surface area contributed by atoms with Gasteiger partial charge in [-0.15, -0.1) is 0 Å². The third-order valence-corrected chi connectivity index (χ3v) is 4.08. The normalized spacial score (nSPS) is 10.2. The van der Waals surface area contributed by atoms with E-state index in [1.807, 2.05) is 31.2 Å². The molecule has 0 spiro atoms. The van der Waals surface area contributed by atoms with Gasteiger partial charge in [0.1, 0.15) is 5.82 Å². The van der Waals surface area contributed by atoms with Crippen LogP contribution in [-0.2, 0) is 4.74 Å². The molecule has 1 heterocycles. The van der Waals surface area contributed by atoms with Crippen molar-refractivity contribution in [1.29, 1.82) is 0 Å². The lowest BCUT2D eigenvalue weighted by molar-refractivity contribution is 0.0526. The lowest BCUT2D eigenvalue weighted by Gasteiger charge is -2.10. The van der Waals surface area contributed by atoms with E-state index in [4.69, 9.17) is 4.74 Å². The van der Waals surface area contributed by atoms with Gasteiger partial charge in [-0.1, -0.05) is 18.2 Å². The molecule has 3 rings (SSSR count). The van der Waals surface area contributed by atoms with Crippen LogP contribution in [0.4, 0.5) is 17.2 Å². The Kier molecular flexibility index (Phi) is 6.01. The molecule has 1 amide bonds. The largest absolute Gasteiger partial charge is 0.462 e. The van der Waals surface area contributed by atoms with E-state index in [1.54, 1.807) is 49.5 Å². The number of rotatable bonds is 6. The van der Waals surface area contributed by atoms with Gasteiger partial charge >= 0.3 is 5.97 Å². The van der Waals surface area contributed by atoms with Crippen molar-refractivity contribution in [2.24, 2.45) is 0 Å². The smallest absolute Gasteiger partial charge is 0.338 e. The Morgan fingerprint density at radius 1 is 1.00 bits per heavy atom. The van der Waals surface area contributed by atoms with Crippen LogP contribution < -0.4 is 10.6 Å². The molecule has 28 heavy (non-hydrogen) atoms. The van der Waals surface area contributed by atoms with Crippen LogP contribution >= 0.6 is 0 Å². The molecule has 1 aromatic heterocycles. The first kappa shape index (κ1) is 19.1. The van der Waals surface area contributed by atoms with E-state index < -0.39 is 0 Å². The highest BCUT2D eigenvalue weighted by atomic mass is 16.5. The molecule has 0 atom stereocenters. The molecule has 0 aliphatic rings. The molecule has 0 unspecified atom stereocenters. The Labute approximate surface area is 163 Å². The number of carbonyl (C=O) groups excluding carboxylic acids is 2. The van der Waals surface area contributed by atoms with Gasteiger partial charge in [0.05, 0.1) is 12.2 Å². The van der Waals surface area contributed by atoms with Crippen LogP contribution in [0.2, 0.25) is 0 Å². The molecule has 2 N–H and O–H groups in total. The highest BCUT2D eigenvalue weighted by Crippen LogP contribution is 2.19. The number of anilines is 3. The van der Waals surface area contributed by atoms with E-state index in [0.717, 1.165) is 16.9 Å². The predicted octanol–water partition coefficient (Wildman–Crippen LogP) is 4.56. The highest BCUT2D eigenvalue weighted by molar-refractivity contribution is 6.05. The Hall–Kier alpha value is -3.67. The van der Waals surface area contributed by atoms with Crippen molar-refractivity contribution in [2.45, 2.75) is 13.8 Å². The molecule has 6 heteroatoms. The molecule has 2 aromatic carbocycles. The molecule has 6 nitrogen and oxygen atoms in total. The summed E-state index contributed by atoms with van der Waals surface area (Å²) < 4.78 is 4.97. The summed E-state index contributed by atoms with van der Waals surface area (Å²) in [5.74, 6) is -0.0409. The maximum absolute atomic E-state index is 12.5. The number of nitrogens with one attached hydrogen (secondary N) is 2. The lowest BCUT2D eigenvalue weighted by atomic mass is 10.2. The maximum atomic E-state index is 12.5. The molecule has 0 aliphatic carbocycles. The summed E-state index contributed by atoms with van der Waals surface area (Å²) in [5, 5.41) is 6.03. The van der Waals surface area contributed by atoms with Gasteiger partial charge in [-0.3, -0.25) is 4.79 Å². The Morgan fingerprint density at radius 3 is 2.46 bits per heavy atom. The van der Waals surface area contributed by atoms with Crippen molar-refractivity contribution in [2.75, 3.05) is 17.2 Å². The van der Waals surface area contributed by atoms with Gasteiger partial charge in [-0.2, -0.15) is 0 Å². The van der Waals surface area contributed by atoms with E-state index in [0.29, 0.717) is 23.6 Å². The summed E-state index contributed by atoms with van der Waals surface area (Å²) in [6.45, 7) is 4.04. The SMILES string of the molecule is CCOC(=O)c1ccc(Nc2cc(C(=O)Nc3ccccc3C)ccn2)cc1. The fourth-order valence-electron chi connectivity index (χ4n) is 2.60. The summed E-state index contributed by atoms with van der Waals surface area (Å²) >= 11 is 0. The van der Waals surface area contributed by atoms with Gasteiger partial charge in [0, 0.05) is 23.1 Å². The summed E-state index contributed by atoms with van der Waals surface area (Å²) in [5.41, 5.74) is 3.48. The summed E-state index contributed by atoms with van der Waals surface area (Å²) in [6, 6.07) is 17.8. The molecular weight excluding hydrogens is 354 g/mol. The van der Waals surface area contributed by atoms with Crippen LogP contribution in [-0.4, -0.2) is 23.5 Å². The van der Waals surface area contributed by atoms with Crippen LogP contribution in [0.25, 0.3) is 0 Å². The minimum atomic E-state index is -0.359. The number of hydrogen-bond donors (Lipinski definition) is 2. The molecule has 0 radical (unpaired) electrons. The third kappa shape index (κ3) is 4.73. The van der Waals surface area contributed by atoms with Gasteiger partial charge in [0.25, 0.3) is 5.91 Å². The average molecular weight is 375 g/mol. The van der Waals surface area contributed by atoms with Gasteiger partial charge < -0.3 is 15.4 Å². The van der Waals surface area contributed by atoms with Gasteiger partial charge in [-0.25, -0.2) is 9.78 Å². The minimum Gasteiger partial charge on any atom is -0.462 e. The van der Waals surface area contributed by atoms with Crippen LogP contribution in [0.1, 0.15) is 33.2 Å². The zero-order chi connectivity index (χ0) is 19.9. The molecule has 142 valence electrons. The number of esters is 1. The first-order valence-electron chi connectivity index (χ1n) is 8.94. The van der Waals surface area contributed by atoms with Crippen molar-refractivity contribution in [3.05, 3.63) is 83.6 Å². The van der Waals surface area contributed by atoms with Crippen LogP contribution in [0.15, 0.2) is 66.9 Å². The molecule has 3 aromatic rings. The van der Waals surface area contributed by atoms with Crippen LogP contribution in [0.3, 0.4) is 0 Å². The van der Waals surface area contributed by atoms with E-state index in [-0.39, 0.29) is 11.9 Å². The number of hydrogen-bond acceptors (Lipinski definition) is 5. The third-order valence-electron chi connectivity index (χ3n) is 4.08. The van der Waals surface area contributed by atoms with Crippen molar-refractivity contribution >= 4 is 29.1 Å². The number of amides is 1. The molecule has 0 saturated carbocycles. The monoisotopic (exact) mass is 375 g/mol. The van der Waals surface area contributed by atoms with E-state index >= 15 is 0 Å². The van der Waals surface area contributed by atoms with Crippen molar-refractivity contribution < 1.29 is 14.3 Å². The minimum absolute atomic E-state index is 0.211. The zero-order valence-corrected chi connectivity index (χ0v) is 15.7. The first-order chi connectivity index (χ1) is 13.6. The Bertz CT molecular complexity index is 984. The number of para-hydroxylation sites is 1. The molecule has 0 aliphatic heterocycles. The predicted molar refractivity (Wildman–Crippen MR) is 109 cm³/mol. The molecule has 0 bridgehead atoms. The number of pyridine rings is 1. The Morgan fingerprint density at radius 2 is 1.75 bits per heavy atom. The first-order valence-corrected chi connectivity index (χ1v) is 8.94. The number of aromatic nitrogens is 1.